The molecular formula is C25H24N2O3S. The van der Waals surface area contributed by atoms with Gasteiger partial charge in [-0.3, -0.25) is 4.79 Å². The van der Waals surface area contributed by atoms with Crippen molar-refractivity contribution in [3.8, 4) is 0 Å². The van der Waals surface area contributed by atoms with Crippen molar-refractivity contribution in [3.63, 3.8) is 0 Å². The van der Waals surface area contributed by atoms with Crippen LogP contribution in [0.15, 0.2) is 96.4 Å². The van der Waals surface area contributed by atoms with Crippen molar-refractivity contribution in [2.75, 3.05) is 18.0 Å². The number of anilines is 1. The Morgan fingerprint density at radius 2 is 1.68 bits per heavy atom. The summed E-state index contributed by atoms with van der Waals surface area (Å²) in [6.07, 6.45) is 2.33. The van der Waals surface area contributed by atoms with Crippen molar-refractivity contribution < 1.29 is 13.2 Å². The number of hydrogen-bond donors (Lipinski definition) is 0. The van der Waals surface area contributed by atoms with Crippen LogP contribution in [-0.2, 0) is 23.0 Å². The molecule has 31 heavy (non-hydrogen) atoms. The smallest absolute Gasteiger partial charge is 0.258 e. The third-order valence-electron chi connectivity index (χ3n) is 5.44. The lowest BCUT2D eigenvalue weighted by Gasteiger charge is -2.28. The van der Waals surface area contributed by atoms with Crippen LogP contribution in [0.3, 0.4) is 0 Å². The molecule has 1 aliphatic heterocycles. The molecule has 5 nitrogen and oxygen atoms in total. The number of para-hydroxylation sites is 1. The zero-order valence-electron chi connectivity index (χ0n) is 17.1. The number of fused-ring (bicyclic) bond motifs is 1. The molecule has 3 aromatic carbocycles. The quantitative estimate of drug-likeness (QED) is 0.547. The van der Waals surface area contributed by atoms with Crippen molar-refractivity contribution in [2.24, 2.45) is 0 Å². The van der Waals surface area contributed by atoms with Crippen LogP contribution in [0.5, 0.6) is 0 Å². The van der Waals surface area contributed by atoms with Crippen LogP contribution < -0.4 is 4.90 Å². The number of benzene rings is 3. The second kappa shape index (κ2) is 8.88. The summed E-state index contributed by atoms with van der Waals surface area (Å²) in [5, 5.41) is 0. The predicted molar refractivity (Wildman–Crippen MR) is 122 cm³/mol. The van der Waals surface area contributed by atoms with E-state index in [1.165, 1.54) is 15.9 Å². The highest BCUT2D eigenvalue weighted by Gasteiger charge is 2.29. The Kier molecular flexibility index (Phi) is 6.02. The first-order valence-electron chi connectivity index (χ1n) is 10.2. The summed E-state index contributed by atoms with van der Waals surface area (Å²) in [6.45, 7) is 4.82. The molecule has 158 valence electrons. The molecular weight excluding hydrogens is 408 g/mol. The molecule has 0 radical (unpaired) electrons. The largest absolute Gasteiger partial charge is 0.305 e. The van der Waals surface area contributed by atoms with Crippen LogP contribution in [-0.4, -0.2) is 31.7 Å². The molecule has 0 aromatic heterocycles. The number of nitrogens with zero attached hydrogens (tertiary/aromatic N) is 2. The Morgan fingerprint density at radius 1 is 0.968 bits per heavy atom. The second-order valence-electron chi connectivity index (χ2n) is 7.43. The van der Waals surface area contributed by atoms with Gasteiger partial charge in [0.05, 0.1) is 4.90 Å². The molecule has 0 saturated heterocycles. The molecule has 3 aromatic rings. The van der Waals surface area contributed by atoms with Gasteiger partial charge in [0, 0.05) is 30.9 Å². The van der Waals surface area contributed by atoms with Gasteiger partial charge in [0.2, 0.25) is 10.0 Å². The van der Waals surface area contributed by atoms with Gasteiger partial charge in [0.25, 0.3) is 5.91 Å². The standard InChI is InChI=1S/C25H24N2O3S/c1-2-16-27(23-12-4-3-5-13-23)25(28)21-11-8-14-24(18-21)31(29,30)26-17-15-20-9-6-7-10-22(20)19-26/h2-14,18H,1,15-17,19H2. The van der Waals surface area contributed by atoms with E-state index < -0.39 is 10.0 Å². The van der Waals surface area contributed by atoms with Crippen molar-refractivity contribution in [1.29, 1.82) is 0 Å². The van der Waals surface area contributed by atoms with Gasteiger partial charge in [-0.1, -0.05) is 54.6 Å². The highest BCUT2D eigenvalue weighted by Crippen LogP contribution is 2.26. The molecule has 0 atom stereocenters. The second-order valence-corrected chi connectivity index (χ2v) is 9.36. The molecule has 1 aliphatic rings. The number of rotatable bonds is 6. The van der Waals surface area contributed by atoms with E-state index in [-0.39, 0.29) is 10.8 Å². The summed E-state index contributed by atoms with van der Waals surface area (Å²) >= 11 is 0. The molecule has 0 N–H and O–H groups in total. The van der Waals surface area contributed by atoms with Crippen LogP contribution in [0.1, 0.15) is 21.5 Å². The van der Waals surface area contributed by atoms with Gasteiger partial charge in [-0.2, -0.15) is 4.31 Å². The molecule has 6 heteroatoms. The molecule has 0 fully saturated rings. The topological polar surface area (TPSA) is 57.7 Å². The van der Waals surface area contributed by atoms with Crippen molar-refractivity contribution in [2.45, 2.75) is 17.9 Å². The van der Waals surface area contributed by atoms with Crippen LogP contribution in [0, 0.1) is 0 Å². The van der Waals surface area contributed by atoms with Crippen molar-refractivity contribution in [3.05, 3.63) is 108 Å². The minimum Gasteiger partial charge on any atom is -0.305 e. The van der Waals surface area contributed by atoms with Crippen LogP contribution in [0.2, 0.25) is 0 Å². The maximum atomic E-state index is 13.3. The summed E-state index contributed by atoms with van der Waals surface area (Å²) in [7, 11) is -3.72. The molecule has 4 rings (SSSR count). The number of sulfonamides is 1. The van der Waals surface area contributed by atoms with Gasteiger partial charge in [-0.15, -0.1) is 6.58 Å². The molecule has 0 bridgehead atoms. The van der Waals surface area contributed by atoms with E-state index in [0.29, 0.717) is 31.6 Å². The van der Waals surface area contributed by atoms with Gasteiger partial charge in [0.1, 0.15) is 0 Å². The highest BCUT2D eigenvalue weighted by molar-refractivity contribution is 7.89. The summed E-state index contributed by atoms with van der Waals surface area (Å²) in [5.74, 6) is -0.271. The van der Waals surface area contributed by atoms with Crippen molar-refractivity contribution in [1.82, 2.24) is 4.31 Å². The first-order chi connectivity index (χ1) is 15.0. The third-order valence-corrected chi connectivity index (χ3v) is 7.28. The first-order valence-corrected chi connectivity index (χ1v) is 11.6. The lowest BCUT2D eigenvalue weighted by atomic mass is 10.0. The van der Waals surface area contributed by atoms with E-state index in [1.54, 1.807) is 29.2 Å². The van der Waals surface area contributed by atoms with Crippen LogP contribution in [0.25, 0.3) is 0 Å². The fraction of sp³-hybridized carbons (Fsp3) is 0.160. The van der Waals surface area contributed by atoms with E-state index in [9.17, 15) is 13.2 Å². The minimum atomic E-state index is -3.72. The molecule has 0 aliphatic carbocycles. The van der Waals surface area contributed by atoms with Gasteiger partial charge in [-0.05, 0) is 47.9 Å². The number of hydrogen-bond acceptors (Lipinski definition) is 3. The summed E-state index contributed by atoms with van der Waals surface area (Å²) in [4.78, 5) is 14.9. The Balaban J connectivity index is 1.63. The number of carbonyl (C=O) groups is 1. The zero-order chi connectivity index (χ0) is 21.8. The van der Waals surface area contributed by atoms with E-state index in [4.69, 9.17) is 0 Å². The first kappa shape index (κ1) is 21.0. The van der Waals surface area contributed by atoms with Crippen LogP contribution >= 0.6 is 0 Å². The lowest BCUT2D eigenvalue weighted by Crippen LogP contribution is -2.36. The maximum Gasteiger partial charge on any atom is 0.258 e. The fourth-order valence-electron chi connectivity index (χ4n) is 3.81. The lowest BCUT2D eigenvalue weighted by molar-refractivity contribution is 0.0989. The summed E-state index contributed by atoms with van der Waals surface area (Å²) in [5.41, 5.74) is 3.25. The van der Waals surface area contributed by atoms with Crippen LogP contribution in [0.4, 0.5) is 5.69 Å². The molecule has 0 saturated carbocycles. The predicted octanol–water partition coefficient (Wildman–Crippen LogP) is 4.27. The molecule has 0 spiro atoms. The molecule has 1 amide bonds. The average Bonchev–Trinajstić information content (AvgIpc) is 2.82. The maximum absolute atomic E-state index is 13.3. The van der Waals surface area contributed by atoms with Gasteiger partial charge >= 0.3 is 0 Å². The monoisotopic (exact) mass is 432 g/mol. The fourth-order valence-corrected chi connectivity index (χ4v) is 5.28. The van der Waals surface area contributed by atoms with Crippen molar-refractivity contribution >= 4 is 21.6 Å². The van der Waals surface area contributed by atoms with E-state index >= 15 is 0 Å². The van der Waals surface area contributed by atoms with E-state index in [0.717, 1.165) is 11.3 Å². The average molecular weight is 433 g/mol. The zero-order valence-corrected chi connectivity index (χ0v) is 18.0. The summed E-state index contributed by atoms with van der Waals surface area (Å²) in [6, 6.07) is 23.4. The minimum absolute atomic E-state index is 0.129. The summed E-state index contributed by atoms with van der Waals surface area (Å²) < 4.78 is 28.1. The molecule has 0 unspecified atom stereocenters. The Labute approximate surface area is 183 Å². The van der Waals surface area contributed by atoms with Gasteiger partial charge in [-0.25, -0.2) is 8.42 Å². The van der Waals surface area contributed by atoms with Gasteiger partial charge < -0.3 is 4.90 Å². The van der Waals surface area contributed by atoms with E-state index in [2.05, 4.69) is 6.58 Å². The Morgan fingerprint density at radius 3 is 2.42 bits per heavy atom. The third kappa shape index (κ3) is 4.31. The molecule has 1 heterocycles. The Hall–Kier alpha value is -3.22. The SMILES string of the molecule is C=CCN(C(=O)c1cccc(S(=O)(=O)N2CCc3ccccc3C2)c1)c1ccccc1. The highest BCUT2D eigenvalue weighted by atomic mass is 32.2. The number of carbonyl (C=O) groups excluding carboxylic acids is 1. The van der Waals surface area contributed by atoms with E-state index in [1.807, 2.05) is 54.6 Å². The van der Waals surface area contributed by atoms with Gasteiger partial charge in [0.15, 0.2) is 0 Å². The Bertz CT molecular complexity index is 1210. The number of amides is 1. The normalized spacial score (nSPS) is 13.9.